The SMILES string of the molecule is CCOC(=O)c1ccc(NC(=O)c2cc(-c3cccs3)n(C3CCS(=O)(=O)C3)n2)cc1. The molecule has 10 heteroatoms. The van der Waals surface area contributed by atoms with Crippen molar-refractivity contribution in [1.82, 2.24) is 9.78 Å². The second-order valence-electron chi connectivity index (χ2n) is 7.15. The van der Waals surface area contributed by atoms with Crippen LogP contribution in [0.2, 0.25) is 0 Å². The van der Waals surface area contributed by atoms with Crippen molar-refractivity contribution < 1.29 is 22.7 Å². The van der Waals surface area contributed by atoms with Crippen LogP contribution in [0.4, 0.5) is 5.69 Å². The number of sulfone groups is 1. The van der Waals surface area contributed by atoms with E-state index in [-0.39, 0.29) is 29.8 Å². The highest BCUT2D eigenvalue weighted by Crippen LogP contribution is 2.32. The molecule has 1 fully saturated rings. The number of esters is 1. The zero-order chi connectivity index (χ0) is 22.0. The predicted molar refractivity (Wildman–Crippen MR) is 118 cm³/mol. The molecule has 4 rings (SSSR count). The Hall–Kier alpha value is -2.98. The number of hydrogen-bond acceptors (Lipinski definition) is 7. The average molecular weight is 460 g/mol. The maximum Gasteiger partial charge on any atom is 0.338 e. The normalized spacial score (nSPS) is 17.4. The van der Waals surface area contributed by atoms with E-state index in [1.165, 1.54) is 11.3 Å². The maximum absolute atomic E-state index is 12.8. The quantitative estimate of drug-likeness (QED) is 0.566. The van der Waals surface area contributed by atoms with E-state index >= 15 is 0 Å². The van der Waals surface area contributed by atoms with Crippen LogP contribution in [-0.2, 0) is 14.6 Å². The Balaban J connectivity index is 1.57. The zero-order valence-electron chi connectivity index (χ0n) is 16.8. The van der Waals surface area contributed by atoms with Crippen LogP contribution in [0.1, 0.15) is 40.2 Å². The number of ether oxygens (including phenoxy) is 1. The molecule has 1 atom stereocenters. The fraction of sp³-hybridized carbons (Fsp3) is 0.286. The van der Waals surface area contributed by atoms with Gasteiger partial charge in [0.15, 0.2) is 15.5 Å². The van der Waals surface area contributed by atoms with Crippen LogP contribution >= 0.6 is 11.3 Å². The molecular formula is C21H21N3O5S2. The summed E-state index contributed by atoms with van der Waals surface area (Å²) in [6, 6.07) is 11.6. The number of amides is 1. The Morgan fingerprint density at radius 3 is 2.65 bits per heavy atom. The van der Waals surface area contributed by atoms with Gasteiger partial charge < -0.3 is 10.1 Å². The highest BCUT2D eigenvalue weighted by molar-refractivity contribution is 7.91. The molecule has 1 aliphatic rings. The Morgan fingerprint density at radius 2 is 2.03 bits per heavy atom. The molecule has 1 N–H and O–H groups in total. The van der Waals surface area contributed by atoms with Gasteiger partial charge in [-0.05, 0) is 55.1 Å². The fourth-order valence-electron chi connectivity index (χ4n) is 3.46. The minimum atomic E-state index is -3.10. The van der Waals surface area contributed by atoms with Crippen molar-refractivity contribution in [2.24, 2.45) is 0 Å². The molecule has 162 valence electrons. The molecule has 8 nitrogen and oxygen atoms in total. The third kappa shape index (κ3) is 4.70. The smallest absolute Gasteiger partial charge is 0.338 e. The molecule has 0 bridgehead atoms. The molecule has 31 heavy (non-hydrogen) atoms. The summed E-state index contributed by atoms with van der Waals surface area (Å²) in [4.78, 5) is 25.5. The van der Waals surface area contributed by atoms with Crippen LogP contribution in [-0.4, -0.2) is 48.2 Å². The highest BCUT2D eigenvalue weighted by atomic mass is 32.2. The van der Waals surface area contributed by atoms with Gasteiger partial charge in [0, 0.05) is 5.69 Å². The molecule has 3 aromatic rings. The Bertz CT molecular complexity index is 1200. The van der Waals surface area contributed by atoms with Gasteiger partial charge in [-0.25, -0.2) is 13.2 Å². The lowest BCUT2D eigenvalue weighted by Crippen LogP contribution is -2.16. The number of carbonyl (C=O) groups excluding carboxylic acids is 2. The van der Waals surface area contributed by atoms with E-state index in [1.54, 1.807) is 41.9 Å². The number of benzene rings is 1. The minimum Gasteiger partial charge on any atom is -0.462 e. The molecule has 1 aliphatic heterocycles. The van der Waals surface area contributed by atoms with Crippen LogP contribution in [0, 0.1) is 0 Å². The Morgan fingerprint density at radius 1 is 1.26 bits per heavy atom. The number of thiophene rings is 1. The maximum atomic E-state index is 12.8. The summed E-state index contributed by atoms with van der Waals surface area (Å²) in [5, 5.41) is 9.14. The van der Waals surface area contributed by atoms with E-state index in [2.05, 4.69) is 10.4 Å². The summed E-state index contributed by atoms with van der Waals surface area (Å²) in [5.74, 6) is -0.702. The van der Waals surface area contributed by atoms with Gasteiger partial charge in [0.2, 0.25) is 0 Å². The highest BCUT2D eigenvalue weighted by Gasteiger charge is 2.32. The van der Waals surface area contributed by atoms with Gasteiger partial charge in [0.25, 0.3) is 5.91 Å². The standard InChI is InChI=1S/C21H21N3O5S2/c1-2-29-21(26)14-5-7-15(8-6-14)22-20(25)17-12-18(19-4-3-10-30-19)24(23-17)16-9-11-31(27,28)13-16/h3-8,10,12,16H,2,9,11,13H2,1H3,(H,22,25). The first kappa shape index (κ1) is 21.3. The van der Waals surface area contributed by atoms with Crippen LogP contribution in [0.25, 0.3) is 10.6 Å². The summed E-state index contributed by atoms with van der Waals surface area (Å²) >= 11 is 1.50. The summed E-state index contributed by atoms with van der Waals surface area (Å²) < 4.78 is 30.5. The first-order chi connectivity index (χ1) is 14.9. The van der Waals surface area contributed by atoms with Crippen molar-refractivity contribution >= 4 is 38.7 Å². The third-order valence-electron chi connectivity index (χ3n) is 4.95. The number of nitrogens with zero attached hydrogens (tertiary/aromatic N) is 2. The van der Waals surface area contributed by atoms with Crippen molar-refractivity contribution in [2.75, 3.05) is 23.4 Å². The van der Waals surface area contributed by atoms with Crippen LogP contribution < -0.4 is 5.32 Å². The van der Waals surface area contributed by atoms with E-state index in [0.29, 0.717) is 17.7 Å². The van der Waals surface area contributed by atoms with Crippen LogP contribution in [0.15, 0.2) is 47.8 Å². The van der Waals surface area contributed by atoms with Crippen molar-refractivity contribution in [3.63, 3.8) is 0 Å². The van der Waals surface area contributed by atoms with Crippen molar-refractivity contribution in [2.45, 2.75) is 19.4 Å². The summed E-state index contributed by atoms with van der Waals surface area (Å²) in [7, 11) is -3.10. The first-order valence-electron chi connectivity index (χ1n) is 9.78. The molecular weight excluding hydrogens is 438 g/mol. The second kappa shape index (κ2) is 8.64. The summed E-state index contributed by atoms with van der Waals surface area (Å²) in [5.41, 5.74) is 1.82. The number of aromatic nitrogens is 2. The van der Waals surface area contributed by atoms with Crippen molar-refractivity contribution in [3.8, 4) is 10.6 Å². The largest absolute Gasteiger partial charge is 0.462 e. The number of rotatable bonds is 6. The molecule has 2 aromatic heterocycles. The average Bonchev–Trinajstić information content (AvgIpc) is 3.47. The summed E-state index contributed by atoms with van der Waals surface area (Å²) in [6.07, 6.45) is 0.471. The predicted octanol–water partition coefficient (Wildman–Crippen LogP) is 3.40. The molecule has 0 radical (unpaired) electrons. The molecule has 0 aliphatic carbocycles. The van der Waals surface area contributed by atoms with Crippen LogP contribution in [0.5, 0.6) is 0 Å². The molecule has 1 amide bonds. The molecule has 1 saturated heterocycles. The number of hydrogen-bond donors (Lipinski definition) is 1. The fourth-order valence-corrected chi connectivity index (χ4v) is 5.89. The van der Waals surface area contributed by atoms with Crippen molar-refractivity contribution in [3.05, 3.63) is 59.1 Å². The lowest BCUT2D eigenvalue weighted by molar-refractivity contribution is 0.0526. The van der Waals surface area contributed by atoms with Gasteiger partial charge in [-0.2, -0.15) is 5.10 Å². The van der Waals surface area contributed by atoms with E-state index in [0.717, 1.165) is 10.6 Å². The lowest BCUT2D eigenvalue weighted by atomic mass is 10.2. The van der Waals surface area contributed by atoms with Gasteiger partial charge in [-0.3, -0.25) is 9.48 Å². The molecule has 0 spiro atoms. The van der Waals surface area contributed by atoms with Gasteiger partial charge in [-0.1, -0.05) is 6.07 Å². The molecule has 1 aromatic carbocycles. The minimum absolute atomic E-state index is 0.0173. The van der Waals surface area contributed by atoms with E-state index < -0.39 is 21.7 Å². The monoisotopic (exact) mass is 459 g/mol. The first-order valence-corrected chi connectivity index (χ1v) is 12.5. The molecule has 1 unspecified atom stereocenters. The van der Waals surface area contributed by atoms with E-state index in [1.807, 2.05) is 17.5 Å². The van der Waals surface area contributed by atoms with Gasteiger partial charge >= 0.3 is 5.97 Å². The summed E-state index contributed by atoms with van der Waals surface area (Å²) in [6.45, 7) is 2.02. The third-order valence-corrected chi connectivity index (χ3v) is 7.59. The topological polar surface area (TPSA) is 107 Å². The van der Waals surface area contributed by atoms with Crippen molar-refractivity contribution in [1.29, 1.82) is 0 Å². The van der Waals surface area contributed by atoms with Gasteiger partial charge in [0.1, 0.15) is 0 Å². The van der Waals surface area contributed by atoms with E-state index in [9.17, 15) is 18.0 Å². The van der Waals surface area contributed by atoms with Gasteiger partial charge in [-0.15, -0.1) is 11.3 Å². The lowest BCUT2D eigenvalue weighted by Gasteiger charge is -2.12. The van der Waals surface area contributed by atoms with Crippen LogP contribution in [0.3, 0.4) is 0 Å². The molecule has 0 saturated carbocycles. The Kier molecular flexibility index (Phi) is 5.92. The van der Waals surface area contributed by atoms with Gasteiger partial charge in [0.05, 0.1) is 40.3 Å². The number of nitrogens with one attached hydrogen (secondary N) is 1. The second-order valence-corrected chi connectivity index (χ2v) is 10.3. The van der Waals surface area contributed by atoms with E-state index in [4.69, 9.17) is 4.74 Å². The Labute approximate surface area is 183 Å². The molecule has 3 heterocycles. The number of carbonyl (C=O) groups is 2. The number of anilines is 1. The zero-order valence-corrected chi connectivity index (χ0v) is 18.4.